The van der Waals surface area contributed by atoms with Crippen LogP contribution in [0.5, 0.6) is 0 Å². The highest BCUT2D eigenvalue weighted by molar-refractivity contribution is 5.78. The summed E-state index contributed by atoms with van der Waals surface area (Å²) in [5.41, 5.74) is -1.44. The van der Waals surface area contributed by atoms with Crippen LogP contribution >= 0.6 is 0 Å². The largest absolute Gasteiger partial charge is 0.396 e. The fourth-order valence-electron chi connectivity index (χ4n) is 11.4. The second-order valence-corrected chi connectivity index (χ2v) is 28.6. The SMILES string of the molecule is COCCCCCCNCCCCNC(=O)CCCCCCC(=O)NC(COCCC(=O)NCCOCCOCCO[C@@H]1OC(CO)[C@H](O)[C@H](O)C1NC(C)=O)(COCCC(=O)NCCOCCOCCO[C@H](O)C(NC(C)=O)[C@@H](O)[C@@H](O)C(C)CO)COCCC(=O)NCCOCCOCCO[C@H](O)C(NC(C)=O)[C@@H](O)[C@@H](O)C(C)CO. The van der Waals surface area contributed by atoms with Gasteiger partial charge in [0.2, 0.25) is 47.3 Å². The topological polar surface area (TPSA) is 597 Å². The number of ether oxygens (including phenoxy) is 14. The molecule has 118 heavy (non-hydrogen) atoms. The van der Waals surface area contributed by atoms with Gasteiger partial charge >= 0.3 is 0 Å². The molecule has 1 rings (SSSR count). The quantitative estimate of drug-likeness (QED) is 0.0199. The first-order valence-corrected chi connectivity index (χ1v) is 41.0. The molecule has 15 atom stereocenters. The molecule has 1 aliphatic rings. The van der Waals surface area contributed by atoms with Gasteiger partial charge in [-0.2, -0.15) is 0 Å². The lowest BCUT2D eigenvalue weighted by molar-refractivity contribution is -0.272. The van der Waals surface area contributed by atoms with Gasteiger partial charge in [0.15, 0.2) is 18.9 Å². The van der Waals surface area contributed by atoms with Crippen molar-refractivity contribution in [3.63, 3.8) is 0 Å². The summed E-state index contributed by atoms with van der Waals surface area (Å²) in [5.74, 6) is -4.87. The number of methoxy groups -OCH3 is 1. The van der Waals surface area contributed by atoms with Gasteiger partial charge in [0.1, 0.15) is 54.2 Å². The molecule has 1 fully saturated rings. The first kappa shape index (κ1) is 111. The molecule has 0 spiro atoms. The van der Waals surface area contributed by atoms with Crippen LogP contribution in [0, 0.1) is 11.8 Å². The zero-order valence-corrected chi connectivity index (χ0v) is 70.1. The van der Waals surface area contributed by atoms with E-state index in [9.17, 15) is 94.5 Å². The van der Waals surface area contributed by atoms with E-state index in [1.807, 2.05) is 0 Å². The Morgan fingerprint density at radius 2 is 0.763 bits per heavy atom. The van der Waals surface area contributed by atoms with Gasteiger partial charge in [-0.05, 0) is 51.6 Å². The van der Waals surface area contributed by atoms with Gasteiger partial charge in [-0.25, -0.2) is 0 Å². The van der Waals surface area contributed by atoms with Crippen molar-refractivity contribution in [2.75, 3.05) is 212 Å². The number of hydrogen-bond acceptors (Lipinski definition) is 34. The number of amides is 8. The number of aliphatic hydroxyl groups excluding tert-OH is 11. The molecule has 42 nitrogen and oxygen atoms in total. The van der Waals surface area contributed by atoms with E-state index in [1.165, 1.54) is 20.8 Å². The van der Waals surface area contributed by atoms with Crippen LogP contribution in [0.4, 0.5) is 0 Å². The molecule has 692 valence electrons. The highest BCUT2D eigenvalue weighted by Gasteiger charge is 2.46. The van der Waals surface area contributed by atoms with Gasteiger partial charge in [0.05, 0.1) is 158 Å². The number of aliphatic hydroxyl groups is 11. The van der Waals surface area contributed by atoms with Crippen LogP contribution in [0.2, 0.25) is 0 Å². The van der Waals surface area contributed by atoms with Crippen LogP contribution in [0.3, 0.4) is 0 Å². The standard InChI is InChI=1S/C76H145N9O33/c1-53(47-86)67(97)70(100)64(82-55(3)89)73(103)115-44-41-109-38-35-106-32-25-79-60(93)19-29-112-50-76(85-63(96)18-12-8-7-11-17-59(92)78-24-15-14-23-77-22-13-9-10-16-28-105-6,51-113-30-20-61(94)80-26-33-107-36-39-110-42-45-116-74(104)65(83-56(4)90)71(101)68(98)54(2)48-87)52-114-31-21-62(95)81-27-34-108-37-40-111-43-46-117-75-66(84-57(5)91)72(102)69(99)58(49-88)118-75/h53-54,58,64-75,77,86-88,97-104H,7-52H2,1-6H3,(H,78,92)(H,79,93)(H,80,94)(H,81,95)(H,82,89)(H,83,90)(H,84,91)(H,85,96)/t53?,54?,58?,64?,65?,66?,67-,68-,69-,70+,71+,72+,73-,74-,75+,76?/m0/s1. The third-order valence-electron chi connectivity index (χ3n) is 18.2. The zero-order chi connectivity index (χ0) is 87.6. The predicted octanol–water partition coefficient (Wildman–Crippen LogP) is -6.12. The molecule has 0 aromatic carbocycles. The minimum absolute atomic E-state index is 0.0257. The fraction of sp³-hybridized carbons (Fsp3) is 0.895. The molecule has 42 heteroatoms. The highest BCUT2D eigenvalue weighted by Crippen LogP contribution is 2.23. The molecule has 1 aliphatic heterocycles. The van der Waals surface area contributed by atoms with Crippen molar-refractivity contribution in [3.05, 3.63) is 0 Å². The minimum atomic E-state index is -1.73. The third-order valence-corrected chi connectivity index (χ3v) is 18.2. The van der Waals surface area contributed by atoms with E-state index in [0.717, 1.165) is 72.1 Å². The summed E-state index contributed by atoms with van der Waals surface area (Å²) in [6.07, 6.45) is -6.35. The molecule has 0 aliphatic carbocycles. The highest BCUT2D eigenvalue weighted by atomic mass is 16.7. The minimum Gasteiger partial charge on any atom is -0.396 e. The average Bonchev–Trinajstić information content (AvgIpc) is 0.812. The van der Waals surface area contributed by atoms with Crippen LogP contribution in [0.1, 0.15) is 131 Å². The van der Waals surface area contributed by atoms with E-state index in [-0.39, 0.29) is 190 Å². The van der Waals surface area contributed by atoms with Crippen molar-refractivity contribution in [1.82, 2.24) is 47.9 Å². The van der Waals surface area contributed by atoms with Crippen molar-refractivity contribution in [3.8, 4) is 0 Å². The third kappa shape index (κ3) is 55.0. The summed E-state index contributed by atoms with van der Waals surface area (Å²) >= 11 is 0. The average molecular weight is 1710 g/mol. The first-order chi connectivity index (χ1) is 56.7. The van der Waals surface area contributed by atoms with Crippen LogP contribution in [-0.2, 0) is 105 Å². The normalized spacial score (nSPS) is 18.6. The number of hydrogen-bond donors (Lipinski definition) is 20. The number of nitrogens with one attached hydrogen (secondary N) is 9. The van der Waals surface area contributed by atoms with Crippen LogP contribution in [-0.4, -0.2) is 400 Å². The van der Waals surface area contributed by atoms with Crippen molar-refractivity contribution in [2.45, 2.75) is 216 Å². The molecule has 6 unspecified atom stereocenters. The lowest BCUT2D eigenvalue weighted by atomic mass is 9.95. The Kier molecular flexibility index (Phi) is 66.8. The predicted molar refractivity (Wildman–Crippen MR) is 421 cm³/mol. The summed E-state index contributed by atoms with van der Waals surface area (Å²) in [5, 5.41) is 137. The van der Waals surface area contributed by atoms with Gasteiger partial charge in [0.25, 0.3) is 0 Å². The maximum Gasteiger partial charge on any atom is 0.222 e. The molecule has 0 bridgehead atoms. The molecule has 0 saturated carbocycles. The molecule has 0 aromatic heterocycles. The first-order valence-electron chi connectivity index (χ1n) is 41.0. The van der Waals surface area contributed by atoms with Gasteiger partial charge < -0.3 is 170 Å². The Morgan fingerprint density at radius 1 is 0.390 bits per heavy atom. The molecule has 8 amide bonds. The number of carbonyl (C=O) groups is 8. The summed E-state index contributed by atoms with van der Waals surface area (Å²) in [7, 11) is 1.71. The molecule has 1 heterocycles. The van der Waals surface area contributed by atoms with Gasteiger partial charge in [-0.1, -0.05) is 39.5 Å². The van der Waals surface area contributed by atoms with E-state index in [4.69, 9.17) is 66.3 Å². The van der Waals surface area contributed by atoms with Gasteiger partial charge in [-0.15, -0.1) is 0 Å². The van der Waals surface area contributed by atoms with Crippen molar-refractivity contribution >= 4 is 47.3 Å². The number of unbranched alkanes of at least 4 members (excludes halogenated alkanes) is 7. The molecule has 20 N–H and O–H groups in total. The van der Waals surface area contributed by atoms with Crippen LogP contribution < -0.4 is 47.9 Å². The monoisotopic (exact) mass is 1710 g/mol. The molecule has 1 saturated heterocycles. The van der Waals surface area contributed by atoms with Gasteiger partial charge in [0, 0.05) is 118 Å². The Balaban J connectivity index is 3.02. The Morgan fingerprint density at radius 3 is 1.18 bits per heavy atom. The Bertz CT molecular complexity index is 2500. The summed E-state index contributed by atoms with van der Waals surface area (Å²) < 4.78 is 78.4. The van der Waals surface area contributed by atoms with Crippen molar-refractivity contribution in [2.24, 2.45) is 11.8 Å². The molecule has 0 radical (unpaired) electrons. The van der Waals surface area contributed by atoms with Crippen LogP contribution in [0.25, 0.3) is 0 Å². The lowest BCUT2D eigenvalue weighted by Gasteiger charge is -2.42. The van der Waals surface area contributed by atoms with Crippen molar-refractivity contribution in [1.29, 1.82) is 0 Å². The lowest BCUT2D eigenvalue weighted by Crippen LogP contribution is -2.64. The summed E-state index contributed by atoms with van der Waals surface area (Å²) in [6.45, 7) is 7.90. The fourth-order valence-corrected chi connectivity index (χ4v) is 11.4. The second kappa shape index (κ2) is 71.2. The van der Waals surface area contributed by atoms with E-state index in [2.05, 4.69) is 47.9 Å². The smallest absolute Gasteiger partial charge is 0.222 e. The van der Waals surface area contributed by atoms with Crippen molar-refractivity contribution < 1.29 is 161 Å². The van der Waals surface area contributed by atoms with Crippen LogP contribution in [0.15, 0.2) is 0 Å². The van der Waals surface area contributed by atoms with E-state index in [0.29, 0.717) is 38.6 Å². The molecule has 0 aromatic rings. The summed E-state index contributed by atoms with van der Waals surface area (Å²) in [4.78, 5) is 101. The summed E-state index contributed by atoms with van der Waals surface area (Å²) in [6, 6.07) is -3.93. The maximum absolute atomic E-state index is 14.0. The Labute approximate surface area is 693 Å². The second-order valence-electron chi connectivity index (χ2n) is 28.6. The molecular formula is C76H145N9O33. The zero-order valence-electron chi connectivity index (χ0n) is 70.1. The maximum atomic E-state index is 14.0. The van der Waals surface area contributed by atoms with Gasteiger partial charge in [-0.3, -0.25) is 38.4 Å². The number of rotatable bonds is 79. The number of carbonyl (C=O) groups excluding carboxylic acids is 8. The molecular weight excluding hydrogens is 1570 g/mol. The van der Waals surface area contributed by atoms with E-state index >= 15 is 0 Å². The Hall–Kier alpha value is -5.28. The van der Waals surface area contributed by atoms with E-state index < -0.39 is 158 Å². The van der Waals surface area contributed by atoms with E-state index in [1.54, 1.807) is 7.11 Å².